The van der Waals surface area contributed by atoms with E-state index in [0.29, 0.717) is 0 Å². The zero-order valence-electron chi connectivity index (χ0n) is 8.44. The van der Waals surface area contributed by atoms with Crippen molar-refractivity contribution in [3.05, 3.63) is 0 Å². The van der Waals surface area contributed by atoms with Crippen LogP contribution in [-0.2, 0) is 9.59 Å². The third kappa shape index (κ3) is 4.09. The molecule has 1 fully saturated rings. The van der Waals surface area contributed by atoms with Crippen LogP contribution in [0.3, 0.4) is 0 Å². The summed E-state index contributed by atoms with van der Waals surface area (Å²) in [7, 11) is 0. The molecule has 0 radical (unpaired) electrons. The van der Waals surface area contributed by atoms with E-state index in [1.807, 2.05) is 0 Å². The van der Waals surface area contributed by atoms with Gasteiger partial charge in [-0.05, 0) is 12.8 Å². The highest BCUT2D eigenvalue weighted by Crippen LogP contribution is 2.20. The Morgan fingerprint density at radius 2 is 2.40 bits per heavy atom. The predicted molar refractivity (Wildman–Crippen MR) is 58.7 cm³/mol. The maximum atomic E-state index is 11.5. The van der Waals surface area contributed by atoms with E-state index < -0.39 is 12.0 Å². The number of nitrogens with two attached hydrogens (primary N) is 1. The number of aliphatic carboxylic acids is 1. The van der Waals surface area contributed by atoms with E-state index in [1.165, 1.54) is 11.8 Å². The number of hydrogen-bond donors (Lipinski definition) is 3. The van der Waals surface area contributed by atoms with Crippen molar-refractivity contribution in [3.63, 3.8) is 0 Å². The number of thioether (sulfide) groups is 1. The molecular weight excluding hydrogens is 216 g/mol. The van der Waals surface area contributed by atoms with Gasteiger partial charge in [0, 0.05) is 12.3 Å². The molecule has 2 atom stereocenters. The molecule has 0 aromatic carbocycles. The second kappa shape index (κ2) is 5.97. The zero-order valence-corrected chi connectivity index (χ0v) is 9.26. The van der Waals surface area contributed by atoms with Crippen molar-refractivity contribution >= 4 is 23.6 Å². The molecule has 1 aliphatic rings. The molecule has 6 heteroatoms. The largest absolute Gasteiger partial charge is 0.480 e. The van der Waals surface area contributed by atoms with Gasteiger partial charge in [0.25, 0.3) is 0 Å². The molecule has 4 N–H and O–H groups in total. The maximum Gasteiger partial charge on any atom is 0.321 e. The first kappa shape index (κ1) is 12.3. The van der Waals surface area contributed by atoms with Crippen molar-refractivity contribution in [2.45, 2.75) is 30.6 Å². The van der Waals surface area contributed by atoms with E-state index in [0.717, 1.165) is 25.8 Å². The number of hydrogen-bond acceptors (Lipinski definition) is 4. The normalized spacial score (nSPS) is 24.1. The molecule has 0 aromatic rings. The van der Waals surface area contributed by atoms with Crippen LogP contribution in [0.5, 0.6) is 0 Å². The van der Waals surface area contributed by atoms with Crippen molar-refractivity contribution in [1.29, 1.82) is 0 Å². The summed E-state index contributed by atoms with van der Waals surface area (Å²) >= 11 is 1.34. The second-order valence-corrected chi connectivity index (χ2v) is 4.79. The molecule has 0 aromatic heterocycles. The Labute approximate surface area is 92.8 Å². The first-order valence-electron chi connectivity index (χ1n) is 4.99. The molecule has 15 heavy (non-hydrogen) atoms. The highest BCUT2D eigenvalue weighted by molar-refractivity contribution is 8.00. The molecule has 1 unspecified atom stereocenters. The third-order valence-electron chi connectivity index (χ3n) is 2.28. The van der Waals surface area contributed by atoms with Crippen molar-refractivity contribution < 1.29 is 14.7 Å². The summed E-state index contributed by atoms with van der Waals surface area (Å²) in [6.07, 6.45) is 2.80. The summed E-state index contributed by atoms with van der Waals surface area (Å²) in [5, 5.41) is 11.3. The lowest BCUT2D eigenvalue weighted by Crippen LogP contribution is -2.36. The second-order valence-electron chi connectivity index (χ2n) is 3.55. The minimum absolute atomic E-state index is 0.00934. The van der Waals surface area contributed by atoms with Crippen LogP contribution in [0.1, 0.15) is 19.3 Å². The summed E-state index contributed by atoms with van der Waals surface area (Å²) in [5.74, 6) is -0.723. The van der Waals surface area contributed by atoms with E-state index in [9.17, 15) is 9.59 Å². The summed E-state index contributed by atoms with van der Waals surface area (Å²) < 4.78 is 0. The van der Waals surface area contributed by atoms with E-state index in [1.54, 1.807) is 0 Å². The lowest BCUT2D eigenvalue weighted by Gasteiger charge is -2.13. The van der Waals surface area contributed by atoms with Crippen molar-refractivity contribution in [2.24, 2.45) is 5.73 Å². The van der Waals surface area contributed by atoms with Gasteiger partial charge in [0.15, 0.2) is 0 Å². The van der Waals surface area contributed by atoms with Crippen LogP contribution >= 0.6 is 11.8 Å². The van der Waals surface area contributed by atoms with E-state index in [4.69, 9.17) is 10.8 Å². The maximum absolute atomic E-state index is 11.5. The van der Waals surface area contributed by atoms with Crippen LogP contribution in [0, 0.1) is 0 Å². The van der Waals surface area contributed by atoms with Gasteiger partial charge in [-0.25, -0.2) is 0 Å². The Hall–Kier alpha value is -0.750. The first-order chi connectivity index (χ1) is 7.11. The zero-order chi connectivity index (χ0) is 11.3. The molecule has 1 rings (SSSR count). The van der Waals surface area contributed by atoms with Crippen LogP contribution in [0.25, 0.3) is 0 Å². The van der Waals surface area contributed by atoms with Gasteiger partial charge in [-0.15, -0.1) is 11.8 Å². The Morgan fingerprint density at radius 3 is 3.07 bits per heavy atom. The highest BCUT2D eigenvalue weighted by Gasteiger charge is 2.23. The topological polar surface area (TPSA) is 92.4 Å². The number of rotatable bonds is 4. The molecule has 5 nitrogen and oxygen atoms in total. The fourth-order valence-corrected chi connectivity index (χ4v) is 2.51. The number of carbonyl (C=O) groups is 2. The Kier molecular flexibility index (Phi) is 4.90. The molecular formula is C9H16N2O3S. The van der Waals surface area contributed by atoms with Gasteiger partial charge in [-0.3, -0.25) is 9.59 Å². The molecule has 1 aliphatic heterocycles. The van der Waals surface area contributed by atoms with Gasteiger partial charge in [0.2, 0.25) is 5.91 Å². The van der Waals surface area contributed by atoms with Crippen molar-refractivity contribution in [3.8, 4) is 0 Å². The fraction of sp³-hybridized carbons (Fsp3) is 0.778. The van der Waals surface area contributed by atoms with Gasteiger partial charge in [-0.2, -0.15) is 0 Å². The van der Waals surface area contributed by atoms with Gasteiger partial charge < -0.3 is 16.2 Å². The van der Waals surface area contributed by atoms with E-state index in [-0.39, 0.29) is 16.9 Å². The minimum Gasteiger partial charge on any atom is -0.480 e. The SMILES string of the molecule is N[C@@H](CSC1CCCCNC1=O)C(=O)O. The summed E-state index contributed by atoms with van der Waals surface area (Å²) in [5.41, 5.74) is 5.37. The molecule has 0 bridgehead atoms. The number of carbonyl (C=O) groups excluding carboxylic acids is 1. The van der Waals surface area contributed by atoms with Gasteiger partial charge >= 0.3 is 5.97 Å². The first-order valence-corrected chi connectivity index (χ1v) is 6.04. The number of carboxylic acid groups (broad SMARTS) is 1. The predicted octanol–water partition coefficient (Wildman–Crippen LogP) is -0.200. The van der Waals surface area contributed by atoms with E-state index >= 15 is 0 Å². The van der Waals surface area contributed by atoms with E-state index in [2.05, 4.69) is 5.32 Å². The van der Waals surface area contributed by atoms with Crippen molar-refractivity contribution in [1.82, 2.24) is 5.32 Å². The van der Waals surface area contributed by atoms with Crippen LogP contribution < -0.4 is 11.1 Å². The standard InChI is InChI=1S/C9H16N2O3S/c10-6(9(13)14)5-15-7-3-1-2-4-11-8(7)12/h6-7H,1-5,10H2,(H,11,12)(H,13,14)/t6-,7?/m0/s1. The van der Waals surface area contributed by atoms with Crippen LogP contribution in [0.4, 0.5) is 0 Å². The highest BCUT2D eigenvalue weighted by atomic mass is 32.2. The molecule has 1 heterocycles. The fourth-order valence-electron chi connectivity index (χ4n) is 1.36. The molecule has 0 aliphatic carbocycles. The minimum atomic E-state index is -1.02. The lowest BCUT2D eigenvalue weighted by atomic mass is 10.2. The monoisotopic (exact) mass is 232 g/mol. The van der Waals surface area contributed by atoms with Crippen LogP contribution in [0.2, 0.25) is 0 Å². The van der Waals surface area contributed by atoms with Gasteiger partial charge in [0.05, 0.1) is 5.25 Å². The average molecular weight is 232 g/mol. The van der Waals surface area contributed by atoms with Crippen LogP contribution in [0.15, 0.2) is 0 Å². The Bertz CT molecular complexity index is 248. The Balaban J connectivity index is 2.35. The summed E-state index contributed by atoms with van der Waals surface area (Å²) in [4.78, 5) is 22.0. The Morgan fingerprint density at radius 1 is 1.67 bits per heavy atom. The quantitative estimate of drug-likeness (QED) is 0.624. The third-order valence-corrected chi connectivity index (χ3v) is 3.68. The molecule has 1 saturated heterocycles. The van der Waals surface area contributed by atoms with Gasteiger partial charge in [-0.1, -0.05) is 6.42 Å². The van der Waals surface area contributed by atoms with Crippen molar-refractivity contribution in [2.75, 3.05) is 12.3 Å². The number of amides is 1. The molecule has 1 amide bonds. The number of carboxylic acids is 1. The summed E-state index contributed by atoms with van der Waals surface area (Å²) in [6, 6.07) is -0.883. The molecule has 86 valence electrons. The van der Waals surface area contributed by atoms with Gasteiger partial charge in [0.1, 0.15) is 6.04 Å². The average Bonchev–Trinajstić information content (AvgIpc) is 2.39. The summed E-state index contributed by atoms with van der Waals surface area (Å²) in [6.45, 7) is 0.723. The smallest absolute Gasteiger partial charge is 0.321 e. The lowest BCUT2D eigenvalue weighted by molar-refractivity contribution is -0.138. The molecule has 0 spiro atoms. The molecule has 0 saturated carbocycles. The van der Waals surface area contributed by atoms with Crippen LogP contribution in [-0.4, -0.2) is 40.6 Å². The number of nitrogens with one attached hydrogen (secondary N) is 1.